The number of imidazole rings is 1. The predicted octanol–water partition coefficient (Wildman–Crippen LogP) is 2.60. The molecule has 2 aliphatic heterocycles. The van der Waals surface area contributed by atoms with Gasteiger partial charge in [0.15, 0.2) is 0 Å². The summed E-state index contributed by atoms with van der Waals surface area (Å²) in [4.78, 5) is 15.9. The maximum atomic E-state index is 10.6. The van der Waals surface area contributed by atoms with Gasteiger partial charge in [0.2, 0.25) is 0 Å². The maximum Gasteiger partial charge on any atom is 0.490 e. The van der Waals surface area contributed by atoms with Crippen LogP contribution in [0, 0.1) is 5.92 Å². The van der Waals surface area contributed by atoms with E-state index < -0.39 is 12.1 Å². The van der Waals surface area contributed by atoms with E-state index in [1.165, 1.54) is 19.3 Å². The van der Waals surface area contributed by atoms with E-state index in [2.05, 4.69) is 21.5 Å². The third kappa shape index (κ3) is 6.42. The zero-order chi connectivity index (χ0) is 21.0. The summed E-state index contributed by atoms with van der Waals surface area (Å²) in [5.74, 6) is -0.765. The minimum Gasteiger partial charge on any atom is -0.475 e. The molecule has 0 radical (unpaired) electrons. The van der Waals surface area contributed by atoms with Crippen LogP contribution in [-0.4, -0.2) is 69.7 Å². The molecule has 3 fully saturated rings. The number of alkyl halides is 3. The van der Waals surface area contributed by atoms with Crippen molar-refractivity contribution in [1.82, 2.24) is 14.5 Å². The Labute approximate surface area is 167 Å². The summed E-state index contributed by atoms with van der Waals surface area (Å²) in [6.07, 6.45) is 5.75. The van der Waals surface area contributed by atoms with Gasteiger partial charge in [0.05, 0.1) is 25.4 Å². The molecule has 1 aromatic rings. The Balaban J connectivity index is 0.000000298. The molecule has 1 aromatic heterocycles. The van der Waals surface area contributed by atoms with Crippen LogP contribution in [0.5, 0.6) is 0 Å². The van der Waals surface area contributed by atoms with E-state index in [1.807, 2.05) is 12.4 Å². The molecule has 29 heavy (non-hydrogen) atoms. The summed E-state index contributed by atoms with van der Waals surface area (Å²) in [5.41, 5.74) is 0. The van der Waals surface area contributed by atoms with Gasteiger partial charge in [0, 0.05) is 38.6 Å². The molecule has 1 N–H and O–H groups in total. The zero-order valence-corrected chi connectivity index (χ0v) is 16.5. The average Bonchev–Trinajstić information content (AvgIpc) is 3.27. The molecule has 1 saturated carbocycles. The highest BCUT2D eigenvalue weighted by atomic mass is 19.4. The summed E-state index contributed by atoms with van der Waals surface area (Å²) >= 11 is 0. The van der Waals surface area contributed by atoms with Gasteiger partial charge in [-0.25, -0.2) is 9.78 Å². The Morgan fingerprint density at radius 3 is 2.59 bits per heavy atom. The quantitative estimate of drug-likeness (QED) is 0.764. The number of aryl methyl sites for hydroxylation is 1. The van der Waals surface area contributed by atoms with Crippen molar-refractivity contribution < 1.29 is 32.5 Å². The number of carboxylic acids is 1. The monoisotopic (exact) mass is 419 g/mol. The predicted molar refractivity (Wildman–Crippen MR) is 97.2 cm³/mol. The number of nitrogens with zero attached hydrogens (tertiary/aromatic N) is 3. The van der Waals surface area contributed by atoms with E-state index in [-0.39, 0.29) is 0 Å². The molecule has 0 aromatic carbocycles. The molecule has 3 aliphatic rings. The summed E-state index contributed by atoms with van der Waals surface area (Å²) in [6, 6.07) is 0.566. The SMILES string of the molecule is Cn1ccnc1CN1CC[C@@H]2O[C@H](COCC3CC3)CC[C@@H]21.O=C(O)C(F)(F)F. The molecule has 2 saturated heterocycles. The first kappa shape index (κ1) is 22.0. The lowest BCUT2D eigenvalue weighted by Crippen LogP contribution is -2.43. The molecule has 0 amide bonds. The van der Waals surface area contributed by atoms with Gasteiger partial charge in [-0.05, 0) is 38.0 Å². The van der Waals surface area contributed by atoms with Crippen LogP contribution in [0.3, 0.4) is 0 Å². The normalized spacial score (nSPS) is 27.2. The summed E-state index contributed by atoms with van der Waals surface area (Å²) in [6.45, 7) is 3.80. The first-order valence-corrected chi connectivity index (χ1v) is 9.97. The lowest BCUT2D eigenvalue weighted by molar-refractivity contribution is -0.192. The van der Waals surface area contributed by atoms with Crippen molar-refractivity contribution in [2.45, 2.75) is 63.1 Å². The van der Waals surface area contributed by atoms with Gasteiger partial charge in [-0.1, -0.05) is 0 Å². The largest absolute Gasteiger partial charge is 0.490 e. The maximum absolute atomic E-state index is 10.6. The van der Waals surface area contributed by atoms with Crippen LogP contribution in [0.1, 0.15) is 37.9 Å². The third-order valence-electron chi connectivity index (χ3n) is 5.61. The Morgan fingerprint density at radius 2 is 2.00 bits per heavy atom. The topological polar surface area (TPSA) is 76.8 Å². The molecule has 164 valence electrons. The standard InChI is InChI=1S/C17H27N3O2.C2HF3O2/c1-19-9-7-18-17(19)10-20-8-6-16-15(20)5-4-14(22-16)12-21-11-13-2-3-13;3-2(4,5)1(6)7/h7,9,13-16H,2-6,8,10-12H2,1H3;(H,6,7)/t14-,15-,16-;/m0./s1. The smallest absolute Gasteiger partial charge is 0.475 e. The number of hydrogen-bond acceptors (Lipinski definition) is 5. The van der Waals surface area contributed by atoms with Gasteiger partial charge in [-0.15, -0.1) is 0 Å². The number of aromatic nitrogens is 2. The second-order valence-corrected chi connectivity index (χ2v) is 7.94. The molecule has 0 bridgehead atoms. The number of halogens is 3. The molecule has 0 spiro atoms. The van der Waals surface area contributed by atoms with Gasteiger partial charge < -0.3 is 19.1 Å². The second-order valence-electron chi connectivity index (χ2n) is 7.94. The third-order valence-corrected chi connectivity index (χ3v) is 5.61. The Morgan fingerprint density at radius 1 is 1.28 bits per heavy atom. The van der Waals surface area contributed by atoms with Crippen LogP contribution in [0.2, 0.25) is 0 Å². The van der Waals surface area contributed by atoms with Crippen LogP contribution in [-0.2, 0) is 27.9 Å². The molecule has 0 unspecified atom stereocenters. The molecule has 4 rings (SSSR count). The van der Waals surface area contributed by atoms with Gasteiger partial charge in [-0.2, -0.15) is 13.2 Å². The van der Waals surface area contributed by atoms with E-state index in [9.17, 15) is 13.2 Å². The van der Waals surface area contributed by atoms with Crippen LogP contribution in [0.25, 0.3) is 0 Å². The Kier molecular flexibility index (Phi) is 7.18. The number of hydrogen-bond donors (Lipinski definition) is 1. The van der Waals surface area contributed by atoms with Crippen LogP contribution >= 0.6 is 0 Å². The highest BCUT2D eigenvalue weighted by Crippen LogP contribution is 2.33. The van der Waals surface area contributed by atoms with Crippen molar-refractivity contribution in [2.24, 2.45) is 13.0 Å². The van der Waals surface area contributed by atoms with E-state index >= 15 is 0 Å². The minimum atomic E-state index is -5.08. The van der Waals surface area contributed by atoms with Crippen molar-refractivity contribution in [3.8, 4) is 0 Å². The fraction of sp³-hybridized carbons (Fsp3) is 0.789. The van der Waals surface area contributed by atoms with Crippen molar-refractivity contribution in [3.05, 3.63) is 18.2 Å². The molecule has 3 heterocycles. The fourth-order valence-electron chi connectivity index (χ4n) is 3.79. The highest BCUT2D eigenvalue weighted by molar-refractivity contribution is 5.73. The number of fused-ring (bicyclic) bond motifs is 1. The Hall–Kier alpha value is -1.65. The second kappa shape index (κ2) is 9.44. The highest BCUT2D eigenvalue weighted by Gasteiger charge is 2.40. The van der Waals surface area contributed by atoms with Crippen molar-refractivity contribution >= 4 is 5.97 Å². The molecule has 7 nitrogen and oxygen atoms in total. The number of likely N-dealkylation sites (tertiary alicyclic amines) is 1. The zero-order valence-electron chi connectivity index (χ0n) is 16.5. The summed E-state index contributed by atoms with van der Waals surface area (Å²) < 4.78 is 46.0. The summed E-state index contributed by atoms with van der Waals surface area (Å²) in [5, 5.41) is 7.12. The van der Waals surface area contributed by atoms with Gasteiger partial charge >= 0.3 is 12.1 Å². The van der Waals surface area contributed by atoms with E-state index in [1.54, 1.807) is 0 Å². The number of rotatable bonds is 6. The van der Waals surface area contributed by atoms with Gasteiger partial charge in [-0.3, -0.25) is 4.90 Å². The van der Waals surface area contributed by atoms with Crippen molar-refractivity contribution in [2.75, 3.05) is 19.8 Å². The van der Waals surface area contributed by atoms with Gasteiger partial charge in [0.25, 0.3) is 0 Å². The Bertz CT molecular complexity index is 678. The van der Waals surface area contributed by atoms with E-state index in [4.69, 9.17) is 19.4 Å². The van der Waals surface area contributed by atoms with Crippen LogP contribution in [0.4, 0.5) is 13.2 Å². The molecular formula is C19H28F3N3O4. The summed E-state index contributed by atoms with van der Waals surface area (Å²) in [7, 11) is 2.07. The number of carbonyl (C=O) groups is 1. The first-order valence-electron chi connectivity index (χ1n) is 9.97. The fourth-order valence-corrected chi connectivity index (χ4v) is 3.79. The van der Waals surface area contributed by atoms with Crippen LogP contribution < -0.4 is 0 Å². The van der Waals surface area contributed by atoms with Gasteiger partial charge in [0.1, 0.15) is 5.82 Å². The van der Waals surface area contributed by atoms with E-state index in [0.29, 0.717) is 18.2 Å². The van der Waals surface area contributed by atoms with Crippen molar-refractivity contribution in [1.29, 1.82) is 0 Å². The number of aliphatic carboxylic acids is 1. The lowest BCUT2D eigenvalue weighted by Gasteiger charge is -2.35. The van der Waals surface area contributed by atoms with Crippen LogP contribution in [0.15, 0.2) is 12.4 Å². The van der Waals surface area contributed by atoms with Crippen molar-refractivity contribution in [3.63, 3.8) is 0 Å². The molecule has 10 heteroatoms. The first-order chi connectivity index (χ1) is 13.7. The number of ether oxygens (including phenoxy) is 2. The minimum absolute atomic E-state index is 0.313. The molecular weight excluding hydrogens is 391 g/mol. The van der Waals surface area contributed by atoms with E-state index in [0.717, 1.165) is 50.9 Å². The molecule has 1 aliphatic carbocycles. The molecule has 3 atom stereocenters. The lowest BCUT2D eigenvalue weighted by atomic mass is 9.99. The number of carboxylic acid groups (broad SMARTS) is 1. The average molecular weight is 419 g/mol.